The highest BCUT2D eigenvalue weighted by atomic mass is 32.1. The first-order chi connectivity index (χ1) is 6.29. The molecule has 3 heteroatoms. The molecule has 2 heterocycles. The fraction of sp³-hybridized carbons (Fsp3) is 0.200. The van der Waals surface area contributed by atoms with Crippen LogP contribution in [0.15, 0.2) is 34.5 Å². The van der Waals surface area contributed by atoms with Crippen LogP contribution in [0.5, 0.6) is 0 Å². The summed E-state index contributed by atoms with van der Waals surface area (Å²) in [5.74, 6) is 0. The van der Waals surface area contributed by atoms with Crippen molar-refractivity contribution < 1.29 is 4.42 Å². The van der Waals surface area contributed by atoms with Crippen LogP contribution >= 0.6 is 11.3 Å². The molecule has 2 N–H and O–H groups in total. The normalized spacial score (nSPS) is 13.1. The largest absolute Gasteiger partial charge is 0.472 e. The van der Waals surface area contributed by atoms with Crippen LogP contribution in [-0.2, 0) is 0 Å². The maximum absolute atomic E-state index is 6.05. The lowest BCUT2D eigenvalue weighted by atomic mass is 10.0. The van der Waals surface area contributed by atoms with Crippen molar-refractivity contribution in [1.29, 1.82) is 0 Å². The summed E-state index contributed by atoms with van der Waals surface area (Å²) < 4.78 is 5.00. The van der Waals surface area contributed by atoms with Gasteiger partial charge in [0.15, 0.2) is 0 Å². The molecule has 2 aromatic heterocycles. The third-order valence-corrected chi connectivity index (χ3v) is 3.00. The predicted octanol–water partition coefficient (Wildman–Crippen LogP) is 2.70. The van der Waals surface area contributed by atoms with Crippen molar-refractivity contribution in [1.82, 2.24) is 0 Å². The smallest absolute Gasteiger partial charge is 0.0953 e. The Morgan fingerprint density at radius 3 is 2.85 bits per heavy atom. The van der Waals surface area contributed by atoms with Gasteiger partial charge in [-0.05, 0) is 30.0 Å². The van der Waals surface area contributed by atoms with E-state index in [-0.39, 0.29) is 6.04 Å². The maximum atomic E-state index is 6.05. The molecule has 0 spiro atoms. The number of thiophene rings is 1. The summed E-state index contributed by atoms with van der Waals surface area (Å²) >= 11 is 1.72. The topological polar surface area (TPSA) is 39.2 Å². The van der Waals surface area contributed by atoms with Crippen LogP contribution < -0.4 is 5.73 Å². The molecular formula is C10H11NOS. The van der Waals surface area contributed by atoms with Gasteiger partial charge in [0, 0.05) is 10.4 Å². The molecule has 0 bridgehead atoms. The monoisotopic (exact) mass is 193 g/mol. The third-order valence-electron chi connectivity index (χ3n) is 2.14. The lowest BCUT2D eigenvalue weighted by Gasteiger charge is -2.08. The van der Waals surface area contributed by atoms with Gasteiger partial charge in [-0.2, -0.15) is 0 Å². The average Bonchev–Trinajstić information content (AvgIpc) is 2.72. The Kier molecular flexibility index (Phi) is 2.20. The zero-order valence-corrected chi connectivity index (χ0v) is 8.17. The molecule has 1 unspecified atom stereocenters. The molecule has 0 fully saturated rings. The highest BCUT2D eigenvalue weighted by Crippen LogP contribution is 2.26. The van der Waals surface area contributed by atoms with Crippen molar-refractivity contribution in [3.8, 4) is 0 Å². The Bertz CT molecular complexity index is 377. The maximum Gasteiger partial charge on any atom is 0.0953 e. The van der Waals surface area contributed by atoms with Gasteiger partial charge in [-0.25, -0.2) is 0 Å². The van der Waals surface area contributed by atoms with E-state index < -0.39 is 0 Å². The standard InChI is InChI=1S/C10H11NOS/c1-7-9(3-5-13-7)10(11)8-2-4-12-6-8/h2-6,10H,11H2,1H3. The van der Waals surface area contributed by atoms with Gasteiger partial charge in [-0.3, -0.25) is 0 Å². The van der Waals surface area contributed by atoms with Gasteiger partial charge in [-0.15, -0.1) is 11.3 Å². The number of hydrogen-bond acceptors (Lipinski definition) is 3. The summed E-state index contributed by atoms with van der Waals surface area (Å²) in [6.45, 7) is 2.08. The molecule has 13 heavy (non-hydrogen) atoms. The molecule has 2 nitrogen and oxygen atoms in total. The molecule has 1 atom stereocenters. The Labute approximate surface area is 81.0 Å². The van der Waals surface area contributed by atoms with E-state index in [1.54, 1.807) is 23.9 Å². The summed E-state index contributed by atoms with van der Waals surface area (Å²) in [6.07, 6.45) is 3.35. The van der Waals surface area contributed by atoms with Crippen LogP contribution in [0, 0.1) is 6.92 Å². The highest BCUT2D eigenvalue weighted by molar-refractivity contribution is 7.10. The van der Waals surface area contributed by atoms with E-state index in [1.165, 1.54) is 10.4 Å². The van der Waals surface area contributed by atoms with Crippen molar-refractivity contribution in [2.24, 2.45) is 5.73 Å². The van der Waals surface area contributed by atoms with Gasteiger partial charge in [0.25, 0.3) is 0 Å². The molecule has 68 valence electrons. The Hall–Kier alpha value is -1.06. The van der Waals surface area contributed by atoms with Crippen LogP contribution in [0.4, 0.5) is 0 Å². The van der Waals surface area contributed by atoms with Crippen LogP contribution in [0.1, 0.15) is 22.0 Å². The van der Waals surface area contributed by atoms with E-state index in [9.17, 15) is 0 Å². The highest BCUT2D eigenvalue weighted by Gasteiger charge is 2.12. The summed E-state index contributed by atoms with van der Waals surface area (Å²) in [4.78, 5) is 1.27. The summed E-state index contributed by atoms with van der Waals surface area (Å²) in [5, 5.41) is 2.06. The molecule has 0 radical (unpaired) electrons. The van der Waals surface area contributed by atoms with Crippen LogP contribution in [0.25, 0.3) is 0 Å². The summed E-state index contributed by atoms with van der Waals surface area (Å²) in [7, 11) is 0. The van der Waals surface area contributed by atoms with E-state index in [4.69, 9.17) is 10.2 Å². The number of furan rings is 1. The minimum absolute atomic E-state index is 0.0509. The first-order valence-corrected chi connectivity index (χ1v) is 4.98. The minimum atomic E-state index is -0.0509. The molecule has 0 aliphatic rings. The van der Waals surface area contributed by atoms with Gasteiger partial charge >= 0.3 is 0 Å². The molecule has 0 aliphatic heterocycles. The molecule has 0 amide bonds. The van der Waals surface area contributed by atoms with Crippen LogP contribution in [-0.4, -0.2) is 0 Å². The second-order valence-corrected chi connectivity index (χ2v) is 4.09. The number of rotatable bonds is 2. The second kappa shape index (κ2) is 3.36. The SMILES string of the molecule is Cc1sccc1C(N)c1ccoc1. The van der Waals surface area contributed by atoms with E-state index in [1.807, 2.05) is 6.07 Å². The van der Waals surface area contributed by atoms with Crippen molar-refractivity contribution in [2.75, 3.05) is 0 Å². The molecule has 2 rings (SSSR count). The quantitative estimate of drug-likeness (QED) is 0.796. The fourth-order valence-corrected chi connectivity index (χ4v) is 2.10. The van der Waals surface area contributed by atoms with E-state index in [0.29, 0.717) is 0 Å². The summed E-state index contributed by atoms with van der Waals surface area (Å²) in [5.41, 5.74) is 8.27. The van der Waals surface area contributed by atoms with Gasteiger partial charge in [0.05, 0.1) is 18.6 Å². The first kappa shape index (κ1) is 8.53. The van der Waals surface area contributed by atoms with E-state index in [0.717, 1.165) is 5.56 Å². The van der Waals surface area contributed by atoms with Crippen LogP contribution in [0.2, 0.25) is 0 Å². The molecule has 2 aromatic rings. The lowest BCUT2D eigenvalue weighted by Crippen LogP contribution is -2.10. The van der Waals surface area contributed by atoms with Crippen molar-refractivity contribution >= 4 is 11.3 Å². The zero-order chi connectivity index (χ0) is 9.26. The minimum Gasteiger partial charge on any atom is -0.472 e. The van der Waals surface area contributed by atoms with Gasteiger partial charge in [0.2, 0.25) is 0 Å². The molecular weight excluding hydrogens is 182 g/mol. The fourth-order valence-electron chi connectivity index (χ4n) is 1.35. The zero-order valence-electron chi connectivity index (χ0n) is 7.36. The van der Waals surface area contributed by atoms with Crippen molar-refractivity contribution in [2.45, 2.75) is 13.0 Å². The molecule has 0 aliphatic carbocycles. The molecule has 0 saturated carbocycles. The Morgan fingerprint density at radius 2 is 2.31 bits per heavy atom. The van der Waals surface area contributed by atoms with Gasteiger partial charge in [0.1, 0.15) is 0 Å². The van der Waals surface area contributed by atoms with E-state index >= 15 is 0 Å². The average molecular weight is 193 g/mol. The third kappa shape index (κ3) is 1.53. The van der Waals surface area contributed by atoms with E-state index in [2.05, 4.69) is 18.4 Å². The van der Waals surface area contributed by atoms with Crippen molar-refractivity contribution in [3.63, 3.8) is 0 Å². The van der Waals surface area contributed by atoms with Crippen molar-refractivity contribution in [3.05, 3.63) is 46.0 Å². The molecule has 0 aromatic carbocycles. The Morgan fingerprint density at radius 1 is 1.46 bits per heavy atom. The second-order valence-electron chi connectivity index (χ2n) is 2.97. The first-order valence-electron chi connectivity index (χ1n) is 4.10. The van der Waals surface area contributed by atoms with Gasteiger partial charge in [-0.1, -0.05) is 0 Å². The predicted molar refractivity (Wildman–Crippen MR) is 53.8 cm³/mol. The lowest BCUT2D eigenvalue weighted by molar-refractivity contribution is 0.562. The summed E-state index contributed by atoms with van der Waals surface area (Å²) in [6, 6.07) is 3.92. The van der Waals surface area contributed by atoms with Crippen LogP contribution in [0.3, 0.4) is 0 Å². The number of aryl methyl sites for hydroxylation is 1. The van der Waals surface area contributed by atoms with Gasteiger partial charge < -0.3 is 10.2 Å². The Balaban J connectivity index is 2.33. The number of hydrogen-bond donors (Lipinski definition) is 1. The number of nitrogens with two attached hydrogens (primary N) is 1. The molecule has 0 saturated heterocycles.